The second kappa shape index (κ2) is 4.02. The molecule has 0 N–H and O–H groups in total. The van der Waals surface area contributed by atoms with Crippen LogP contribution in [0.25, 0.3) is 0 Å². The minimum absolute atomic E-state index is 1.23. The van der Waals surface area contributed by atoms with E-state index in [-0.39, 0.29) is 0 Å². The van der Waals surface area contributed by atoms with Gasteiger partial charge in [0.25, 0.3) is 0 Å². The van der Waals surface area contributed by atoms with Gasteiger partial charge in [0.2, 0.25) is 0 Å². The van der Waals surface area contributed by atoms with Gasteiger partial charge in [0.15, 0.2) is 0 Å². The fourth-order valence-electron chi connectivity index (χ4n) is 2.91. The monoisotopic (exact) mass is 278 g/mol. The molecule has 0 heterocycles. The average Bonchev–Trinajstić information content (AvgIpc) is 2.73. The van der Waals surface area contributed by atoms with Crippen molar-refractivity contribution >= 4 is 0 Å². The molecular formula is C14H20Zr. The van der Waals surface area contributed by atoms with E-state index in [0.717, 1.165) is 0 Å². The van der Waals surface area contributed by atoms with Crippen LogP contribution < -0.4 is 0 Å². The minimum atomic E-state index is -2.13. The zero-order valence-electron chi connectivity index (χ0n) is 10.2. The predicted molar refractivity (Wildman–Crippen MR) is 64.6 cm³/mol. The van der Waals surface area contributed by atoms with E-state index in [1.807, 2.05) is 6.56 Å². The van der Waals surface area contributed by atoms with Crippen molar-refractivity contribution in [2.24, 2.45) is 0 Å². The van der Waals surface area contributed by atoms with Crippen LogP contribution in [0.5, 0.6) is 0 Å². The van der Waals surface area contributed by atoms with E-state index in [1.165, 1.54) is 12.8 Å². The molecule has 0 aromatic rings. The van der Waals surface area contributed by atoms with Gasteiger partial charge in [0.05, 0.1) is 0 Å². The Labute approximate surface area is 97.9 Å². The molecule has 2 rings (SSSR count). The molecule has 0 aromatic carbocycles. The quantitative estimate of drug-likeness (QED) is 0.687. The van der Waals surface area contributed by atoms with Crippen LogP contribution in [0.3, 0.4) is 0 Å². The molecular weight excluding hydrogens is 259 g/mol. The second-order valence-electron chi connectivity index (χ2n) is 5.16. The van der Waals surface area contributed by atoms with E-state index in [0.29, 0.717) is 0 Å². The summed E-state index contributed by atoms with van der Waals surface area (Å²) in [7, 11) is 0. The maximum absolute atomic E-state index is 2.58. The van der Waals surface area contributed by atoms with Gasteiger partial charge in [-0.15, -0.1) is 0 Å². The summed E-state index contributed by atoms with van der Waals surface area (Å²) < 4.78 is 8.77. The number of rotatable bonds is 2. The molecule has 2 aliphatic carbocycles. The Bertz CT molecular complexity index is 365. The third-order valence-corrected chi connectivity index (χ3v) is 14.2. The van der Waals surface area contributed by atoms with Crippen LogP contribution in [-0.2, 0) is 20.3 Å². The summed E-state index contributed by atoms with van der Waals surface area (Å²) in [6, 6.07) is 0. The molecule has 0 bridgehead atoms. The summed E-state index contributed by atoms with van der Waals surface area (Å²) in [6.07, 6.45) is 11.7. The number of hydrogen-bond donors (Lipinski definition) is 0. The molecule has 0 radical (unpaired) electrons. The van der Waals surface area contributed by atoms with Crippen molar-refractivity contribution < 1.29 is 20.3 Å². The van der Waals surface area contributed by atoms with E-state index in [9.17, 15) is 0 Å². The molecule has 0 nitrogen and oxygen atoms in total. The molecule has 2 aliphatic rings. The molecule has 0 spiro atoms. The summed E-state index contributed by atoms with van der Waals surface area (Å²) in [5.74, 6) is 0. The van der Waals surface area contributed by atoms with Gasteiger partial charge < -0.3 is 0 Å². The van der Waals surface area contributed by atoms with Crippen LogP contribution in [0.1, 0.15) is 26.7 Å². The van der Waals surface area contributed by atoms with Gasteiger partial charge in [0, 0.05) is 0 Å². The predicted octanol–water partition coefficient (Wildman–Crippen LogP) is 4.70. The van der Waals surface area contributed by atoms with Crippen LogP contribution in [0, 0.1) is 0 Å². The van der Waals surface area contributed by atoms with Crippen molar-refractivity contribution in [3.8, 4) is 0 Å². The normalized spacial score (nSPS) is 21.1. The first-order valence-electron chi connectivity index (χ1n) is 5.77. The molecule has 0 amide bonds. The van der Waals surface area contributed by atoms with Crippen molar-refractivity contribution in [1.29, 1.82) is 0 Å². The Morgan fingerprint density at radius 3 is 1.53 bits per heavy atom. The standard InChI is InChI=1S/2C6H7.2CH3.Zr/c2*1-6-4-2-3-5-6;;;/h2*2,4H,3H2,1H3;2*1H3;. The summed E-state index contributed by atoms with van der Waals surface area (Å²) in [6.45, 7) is 4.57. The molecule has 0 atom stereocenters. The zero-order valence-corrected chi connectivity index (χ0v) is 12.7. The number of hydrogen-bond acceptors (Lipinski definition) is 0. The summed E-state index contributed by atoms with van der Waals surface area (Å²) >= 11 is -2.13. The molecule has 1 heteroatoms. The Morgan fingerprint density at radius 2 is 1.27 bits per heavy atom. The van der Waals surface area contributed by atoms with Crippen molar-refractivity contribution in [2.75, 3.05) is 0 Å². The van der Waals surface area contributed by atoms with Crippen molar-refractivity contribution in [2.45, 2.75) is 36.0 Å². The van der Waals surface area contributed by atoms with Crippen LogP contribution >= 0.6 is 0 Å². The van der Waals surface area contributed by atoms with Gasteiger partial charge in [-0.25, -0.2) is 0 Å². The van der Waals surface area contributed by atoms with Crippen molar-refractivity contribution in [1.82, 2.24) is 0 Å². The topological polar surface area (TPSA) is 0 Å². The van der Waals surface area contributed by atoms with Gasteiger partial charge in [-0.05, 0) is 0 Å². The van der Waals surface area contributed by atoms with Crippen molar-refractivity contribution in [3.05, 3.63) is 42.0 Å². The molecule has 0 fully saturated rings. The molecule has 15 heavy (non-hydrogen) atoms. The van der Waals surface area contributed by atoms with Crippen LogP contribution in [0.2, 0.25) is 9.26 Å². The summed E-state index contributed by atoms with van der Waals surface area (Å²) in [4.78, 5) is 0. The van der Waals surface area contributed by atoms with E-state index < -0.39 is 20.3 Å². The van der Waals surface area contributed by atoms with Gasteiger partial charge in [-0.3, -0.25) is 0 Å². The maximum atomic E-state index is 2.58. The van der Waals surface area contributed by atoms with E-state index in [1.54, 1.807) is 11.1 Å². The average molecular weight is 280 g/mol. The van der Waals surface area contributed by atoms with Gasteiger partial charge >= 0.3 is 98.2 Å². The third-order valence-electron chi connectivity index (χ3n) is 3.84. The Morgan fingerprint density at radius 1 is 0.867 bits per heavy atom. The van der Waals surface area contributed by atoms with Crippen LogP contribution in [-0.4, -0.2) is 0 Å². The van der Waals surface area contributed by atoms with Crippen LogP contribution in [0.4, 0.5) is 0 Å². The van der Waals surface area contributed by atoms with Crippen molar-refractivity contribution in [3.63, 3.8) is 0 Å². The Balaban J connectivity index is 2.37. The number of allylic oxidation sites excluding steroid dienone is 8. The molecule has 0 saturated carbocycles. The van der Waals surface area contributed by atoms with Gasteiger partial charge in [-0.1, -0.05) is 0 Å². The molecule has 0 aliphatic heterocycles. The first-order valence-corrected chi connectivity index (χ1v) is 13.1. The summed E-state index contributed by atoms with van der Waals surface area (Å²) in [5, 5.41) is 0. The Hall–Kier alpha value is -0.157. The molecule has 80 valence electrons. The zero-order chi connectivity index (χ0) is 11.1. The van der Waals surface area contributed by atoms with E-state index >= 15 is 0 Å². The van der Waals surface area contributed by atoms with E-state index in [4.69, 9.17) is 0 Å². The van der Waals surface area contributed by atoms with Crippen LogP contribution in [0.15, 0.2) is 42.0 Å². The first kappa shape index (κ1) is 11.3. The summed E-state index contributed by atoms with van der Waals surface area (Å²) in [5.41, 5.74) is 3.12. The first-order chi connectivity index (χ1) is 7.03. The SMILES string of the molecule is CC1=[C]([Zr]([CH3])([CH3])[C]2=C(C)C=CC2)CC=C1. The van der Waals surface area contributed by atoms with E-state index in [2.05, 4.69) is 47.4 Å². The second-order valence-corrected chi connectivity index (χ2v) is 16.1. The Kier molecular flexibility index (Phi) is 3.03. The fourth-order valence-corrected chi connectivity index (χ4v) is 12.1. The van der Waals surface area contributed by atoms with Gasteiger partial charge in [-0.2, -0.15) is 0 Å². The third kappa shape index (κ3) is 1.91. The molecule has 0 saturated heterocycles. The molecule has 0 aromatic heterocycles. The fraction of sp³-hybridized carbons (Fsp3) is 0.429. The molecule has 0 unspecified atom stereocenters. The van der Waals surface area contributed by atoms with Gasteiger partial charge in [0.1, 0.15) is 0 Å².